The third kappa shape index (κ3) is 9.54. The van der Waals surface area contributed by atoms with Crippen LogP contribution >= 0.6 is 0 Å². The minimum atomic E-state index is 0.0206. The van der Waals surface area contributed by atoms with Crippen LogP contribution < -0.4 is 10.6 Å². The summed E-state index contributed by atoms with van der Waals surface area (Å²) in [7, 11) is 0. The Balaban J connectivity index is 3.51. The minimum absolute atomic E-state index is 0.0206. The predicted molar refractivity (Wildman–Crippen MR) is 68.0 cm³/mol. The van der Waals surface area contributed by atoms with Gasteiger partial charge in [0.15, 0.2) is 0 Å². The summed E-state index contributed by atoms with van der Waals surface area (Å²) in [6.45, 7) is 7.22. The molecule has 0 saturated heterocycles. The first-order valence-corrected chi connectivity index (χ1v) is 5.99. The van der Waals surface area contributed by atoms with Crippen molar-refractivity contribution in [1.82, 2.24) is 10.6 Å². The van der Waals surface area contributed by atoms with Crippen molar-refractivity contribution in [3.05, 3.63) is 0 Å². The molecule has 0 aromatic carbocycles. The molecule has 92 valence electrons. The molecule has 0 aromatic heterocycles. The van der Waals surface area contributed by atoms with Gasteiger partial charge in [0.05, 0.1) is 13.1 Å². The zero-order valence-electron chi connectivity index (χ0n) is 10.7. The highest BCUT2D eigenvalue weighted by Crippen LogP contribution is 2.07. The molecular weight excluding hydrogens is 200 g/mol. The average molecular weight is 224 g/mol. The fourth-order valence-corrected chi connectivity index (χ4v) is 1.48. The van der Waals surface area contributed by atoms with Crippen LogP contribution in [0.5, 0.6) is 0 Å². The predicted octanol–water partition coefficient (Wildman–Crippen LogP) is 1.54. The molecule has 0 radical (unpaired) electrons. The molecule has 0 fully saturated rings. The monoisotopic (exact) mass is 224 g/mol. The lowest BCUT2D eigenvalue weighted by Gasteiger charge is -2.14. The van der Waals surface area contributed by atoms with E-state index in [1.165, 1.54) is 6.42 Å². The van der Waals surface area contributed by atoms with Crippen LogP contribution in [0.15, 0.2) is 0 Å². The van der Waals surface area contributed by atoms with Gasteiger partial charge in [0.25, 0.3) is 0 Å². The van der Waals surface area contributed by atoms with Gasteiger partial charge in [-0.25, -0.2) is 0 Å². The van der Waals surface area contributed by atoms with E-state index in [9.17, 15) is 4.79 Å². The smallest absolute Gasteiger partial charge is 0.234 e. The van der Waals surface area contributed by atoms with Crippen LogP contribution in [0.3, 0.4) is 0 Å². The molecule has 1 atom stereocenters. The fourth-order valence-electron chi connectivity index (χ4n) is 1.48. The lowest BCUT2D eigenvalue weighted by Crippen LogP contribution is -2.39. The summed E-state index contributed by atoms with van der Waals surface area (Å²) in [5.41, 5.74) is 0. The minimum Gasteiger partial charge on any atom is -0.353 e. The first-order valence-electron chi connectivity index (χ1n) is 5.99. The Kier molecular flexibility index (Phi) is 8.65. The number of rotatable bonds is 8. The standard InChI is InChI=1S/C13H24N2O/c1-5-9-14-10-13(16)15-12(4)8-6-7-11(2)3/h1,11-12,14H,6-10H2,2-4H3,(H,15,16). The lowest BCUT2D eigenvalue weighted by atomic mass is 10.0. The van der Waals surface area contributed by atoms with Gasteiger partial charge in [-0.2, -0.15) is 0 Å². The maximum atomic E-state index is 11.4. The molecule has 0 saturated carbocycles. The molecule has 1 amide bonds. The molecule has 3 nitrogen and oxygen atoms in total. The van der Waals surface area contributed by atoms with Gasteiger partial charge in [-0.3, -0.25) is 10.1 Å². The first-order chi connectivity index (χ1) is 7.56. The van der Waals surface area contributed by atoms with E-state index in [1.54, 1.807) is 0 Å². The molecule has 0 aliphatic carbocycles. The van der Waals surface area contributed by atoms with Gasteiger partial charge in [-0.15, -0.1) is 6.42 Å². The number of terminal acetylenes is 1. The molecule has 0 heterocycles. The number of hydrogen-bond donors (Lipinski definition) is 2. The van der Waals surface area contributed by atoms with Crippen molar-refractivity contribution in [3.8, 4) is 12.3 Å². The van der Waals surface area contributed by atoms with Gasteiger partial charge >= 0.3 is 0 Å². The summed E-state index contributed by atoms with van der Waals surface area (Å²) in [5.74, 6) is 3.19. The third-order valence-electron chi connectivity index (χ3n) is 2.34. The van der Waals surface area contributed by atoms with E-state index >= 15 is 0 Å². The Hall–Kier alpha value is -1.01. The zero-order valence-corrected chi connectivity index (χ0v) is 10.7. The van der Waals surface area contributed by atoms with E-state index in [0.717, 1.165) is 18.8 Å². The maximum absolute atomic E-state index is 11.4. The molecule has 16 heavy (non-hydrogen) atoms. The number of hydrogen-bond acceptors (Lipinski definition) is 2. The molecule has 0 bridgehead atoms. The van der Waals surface area contributed by atoms with Crippen molar-refractivity contribution in [2.75, 3.05) is 13.1 Å². The molecule has 0 spiro atoms. The Morgan fingerprint density at radius 2 is 2.00 bits per heavy atom. The molecule has 2 N–H and O–H groups in total. The first kappa shape index (κ1) is 15.0. The van der Waals surface area contributed by atoms with Crippen molar-refractivity contribution in [1.29, 1.82) is 0 Å². The number of amides is 1. The van der Waals surface area contributed by atoms with E-state index in [0.29, 0.717) is 13.1 Å². The molecule has 0 aliphatic rings. The maximum Gasteiger partial charge on any atom is 0.234 e. The van der Waals surface area contributed by atoms with Gasteiger partial charge < -0.3 is 5.32 Å². The summed E-state index contributed by atoms with van der Waals surface area (Å²) in [6, 6.07) is 0.249. The van der Waals surface area contributed by atoms with Crippen molar-refractivity contribution in [2.45, 2.75) is 46.1 Å². The summed E-state index contributed by atoms with van der Waals surface area (Å²) in [5, 5.41) is 5.81. The van der Waals surface area contributed by atoms with Crippen LogP contribution in [0.25, 0.3) is 0 Å². The van der Waals surface area contributed by atoms with Gasteiger partial charge in [0.1, 0.15) is 0 Å². The topological polar surface area (TPSA) is 41.1 Å². The fraction of sp³-hybridized carbons (Fsp3) is 0.769. The second kappa shape index (κ2) is 9.23. The van der Waals surface area contributed by atoms with E-state index in [1.807, 2.05) is 6.92 Å². The zero-order chi connectivity index (χ0) is 12.4. The highest BCUT2D eigenvalue weighted by atomic mass is 16.1. The van der Waals surface area contributed by atoms with E-state index in [-0.39, 0.29) is 11.9 Å². The summed E-state index contributed by atoms with van der Waals surface area (Å²) in [6.07, 6.45) is 8.49. The van der Waals surface area contributed by atoms with Crippen LogP contribution in [-0.4, -0.2) is 25.0 Å². The quantitative estimate of drug-likeness (QED) is 0.485. The van der Waals surface area contributed by atoms with Gasteiger partial charge in [-0.1, -0.05) is 32.6 Å². The van der Waals surface area contributed by atoms with Crippen molar-refractivity contribution in [2.24, 2.45) is 5.92 Å². The largest absolute Gasteiger partial charge is 0.353 e. The Labute approximate surface area is 99.4 Å². The van der Waals surface area contributed by atoms with Crippen LogP contribution in [0.1, 0.15) is 40.0 Å². The van der Waals surface area contributed by atoms with Crippen molar-refractivity contribution >= 4 is 5.91 Å². The molecule has 0 aromatic rings. The van der Waals surface area contributed by atoms with E-state index in [4.69, 9.17) is 6.42 Å². The van der Waals surface area contributed by atoms with Crippen molar-refractivity contribution in [3.63, 3.8) is 0 Å². The van der Waals surface area contributed by atoms with E-state index < -0.39 is 0 Å². The van der Waals surface area contributed by atoms with Crippen LogP contribution in [0.4, 0.5) is 0 Å². The lowest BCUT2D eigenvalue weighted by molar-refractivity contribution is -0.120. The van der Waals surface area contributed by atoms with Crippen molar-refractivity contribution < 1.29 is 4.79 Å². The highest BCUT2D eigenvalue weighted by molar-refractivity contribution is 5.78. The van der Waals surface area contributed by atoms with Crippen LogP contribution in [0, 0.1) is 18.3 Å². The summed E-state index contributed by atoms with van der Waals surface area (Å²) < 4.78 is 0. The molecule has 0 aliphatic heterocycles. The molecular formula is C13H24N2O. The third-order valence-corrected chi connectivity index (χ3v) is 2.34. The normalized spacial score (nSPS) is 12.2. The van der Waals surface area contributed by atoms with Gasteiger partial charge in [-0.05, 0) is 19.3 Å². The second-order valence-electron chi connectivity index (χ2n) is 4.60. The Morgan fingerprint density at radius 1 is 1.31 bits per heavy atom. The highest BCUT2D eigenvalue weighted by Gasteiger charge is 2.06. The average Bonchev–Trinajstić information content (AvgIpc) is 2.17. The number of nitrogens with one attached hydrogen (secondary N) is 2. The number of carbonyl (C=O) groups is 1. The number of carbonyl (C=O) groups excluding carboxylic acids is 1. The molecule has 0 rings (SSSR count). The summed E-state index contributed by atoms with van der Waals surface area (Å²) in [4.78, 5) is 11.4. The van der Waals surface area contributed by atoms with Crippen LogP contribution in [0.2, 0.25) is 0 Å². The molecule has 3 heteroatoms. The second-order valence-corrected chi connectivity index (χ2v) is 4.60. The van der Waals surface area contributed by atoms with Crippen LogP contribution in [-0.2, 0) is 4.79 Å². The molecule has 1 unspecified atom stereocenters. The van der Waals surface area contributed by atoms with E-state index in [2.05, 4.69) is 30.4 Å². The Morgan fingerprint density at radius 3 is 2.56 bits per heavy atom. The van der Waals surface area contributed by atoms with Gasteiger partial charge in [0, 0.05) is 6.04 Å². The summed E-state index contributed by atoms with van der Waals surface area (Å²) >= 11 is 0. The Bertz CT molecular complexity index is 231. The van der Waals surface area contributed by atoms with Gasteiger partial charge in [0.2, 0.25) is 5.91 Å². The SMILES string of the molecule is C#CCNCC(=O)NC(C)CCCC(C)C.